The third-order valence-corrected chi connectivity index (χ3v) is 2.74. The molecule has 1 fully saturated rings. The van der Waals surface area contributed by atoms with E-state index in [1.807, 2.05) is 6.92 Å². The van der Waals surface area contributed by atoms with Crippen molar-refractivity contribution in [1.29, 1.82) is 0 Å². The Labute approximate surface area is 92.8 Å². The van der Waals surface area contributed by atoms with E-state index in [1.165, 1.54) is 32.1 Å². The summed E-state index contributed by atoms with van der Waals surface area (Å²) < 4.78 is 11.2. The highest BCUT2D eigenvalue weighted by molar-refractivity contribution is 4.65. The molecule has 0 bridgehead atoms. The van der Waals surface area contributed by atoms with Gasteiger partial charge in [-0.3, -0.25) is 0 Å². The summed E-state index contributed by atoms with van der Waals surface area (Å²) in [6.45, 7) is 4.77. The van der Waals surface area contributed by atoms with Crippen molar-refractivity contribution in [3.63, 3.8) is 0 Å². The predicted octanol–water partition coefficient (Wildman–Crippen LogP) is 2.12. The third-order valence-electron chi connectivity index (χ3n) is 2.74. The Balaban J connectivity index is 2.02. The van der Waals surface area contributed by atoms with Crippen molar-refractivity contribution < 1.29 is 14.6 Å². The normalized spacial score (nSPS) is 22.6. The van der Waals surface area contributed by atoms with Crippen LogP contribution < -0.4 is 0 Å². The first-order valence-electron chi connectivity index (χ1n) is 6.09. The molecule has 0 saturated heterocycles. The molecule has 3 heteroatoms. The van der Waals surface area contributed by atoms with E-state index in [4.69, 9.17) is 14.6 Å². The summed E-state index contributed by atoms with van der Waals surface area (Å²) in [5.74, 6) is 0. The Hall–Kier alpha value is -0.120. The average molecular weight is 216 g/mol. The highest BCUT2D eigenvalue weighted by Gasteiger charge is 2.15. The van der Waals surface area contributed by atoms with Gasteiger partial charge in [0.2, 0.25) is 0 Å². The van der Waals surface area contributed by atoms with Crippen LogP contribution in [0.3, 0.4) is 0 Å². The summed E-state index contributed by atoms with van der Waals surface area (Å²) >= 11 is 0. The van der Waals surface area contributed by atoms with Gasteiger partial charge in [-0.2, -0.15) is 0 Å². The van der Waals surface area contributed by atoms with Crippen LogP contribution in [0, 0.1) is 0 Å². The number of aliphatic hydroxyl groups excluding tert-OH is 1. The molecular formula is C12H24O3. The fourth-order valence-corrected chi connectivity index (χ4v) is 1.86. The van der Waals surface area contributed by atoms with Crippen LogP contribution in [0.4, 0.5) is 0 Å². The van der Waals surface area contributed by atoms with Crippen LogP contribution in [0.2, 0.25) is 0 Å². The zero-order chi connectivity index (χ0) is 11.1. The lowest BCUT2D eigenvalue weighted by Gasteiger charge is -2.24. The third kappa shape index (κ3) is 6.13. The van der Waals surface area contributed by atoms with Gasteiger partial charge in [0, 0.05) is 0 Å². The number of aliphatic hydroxyl groups is 1. The Morgan fingerprint density at radius 1 is 1.13 bits per heavy atom. The lowest BCUT2D eigenvalue weighted by atomic mass is 9.98. The van der Waals surface area contributed by atoms with Gasteiger partial charge >= 0.3 is 0 Å². The van der Waals surface area contributed by atoms with Crippen LogP contribution in [0.25, 0.3) is 0 Å². The van der Waals surface area contributed by atoms with Crippen molar-refractivity contribution in [3.05, 3.63) is 0 Å². The Morgan fingerprint density at radius 2 is 1.80 bits per heavy atom. The molecule has 90 valence electrons. The van der Waals surface area contributed by atoms with E-state index in [-0.39, 0.29) is 12.2 Å². The fraction of sp³-hybridized carbons (Fsp3) is 1.00. The molecule has 15 heavy (non-hydrogen) atoms. The first-order chi connectivity index (χ1) is 7.18. The quantitative estimate of drug-likeness (QED) is 0.739. The van der Waals surface area contributed by atoms with Crippen LogP contribution in [-0.2, 0) is 9.47 Å². The lowest BCUT2D eigenvalue weighted by Crippen LogP contribution is -2.25. The molecule has 1 aliphatic carbocycles. The molecule has 0 aromatic carbocycles. The molecule has 0 aliphatic heterocycles. The van der Waals surface area contributed by atoms with Crippen molar-refractivity contribution >= 4 is 0 Å². The predicted molar refractivity (Wildman–Crippen MR) is 59.9 cm³/mol. The summed E-state index contributed by atoms with van der Waals surface area (Å²) in [7, 11) is 0. The van der Waals surface area contributed by atoms with Gasteiger partial charge in [-0.05, 0) is 26.7 Å². The fourth-order valence-electron chi connectivity index (χ4n) is 1.86. The second-order valence-electron chi connectivity index (χ2n) is 4.59. The van der Waals surface area contributed by atoms with Crippen LogP contribution >= 0.6 is 0 Å². The molecule has 0 aromatic rings. The molecule has 0 aromatic heterocycles. The largest absolute Gasteiger partial charge is 0.391 e. The minimum atomic E-state index is -0.387. The average Bonchev–Trinajstić information content (AvgIpc) is 2.25. The first kappa shape index (κ1) is 12.9. The zero-order valence-corrected chi connectivity index (χ0v) is 9.95. The highest BCUT2D eigenvalue weighted by atomic mass is 16.5. The van der Waals surface area contributed by atoms with E-state index in [9.17, 15) is 0 Å². The monoisotopic (exact) mass is 216 g/mol. The van der Waals surface area contributed by atoms with E-state index < -0.39 is 0 Å². The minimum Gasteiger partial charge on any atom is -0.391 e. The van der Waals surface area contributed by atoms with Crippen molar-refractivity contribution in [3.8, 4) is 0 Å². The van der Waals surface area contributed by atoms with Gasteiger partial charge < -0.3 is 14.6 Å². The van der Waals surface area contributed by atoms with Crippen LogP contribution in [0.15, 0.2) is 0 Å². The molecule has 1 N–H and O–H groups in total. The molecule has 0 amide bonds. The van der Waals surface area contributed by atoms with Crippen molar-refractivity contribution in [2.24, 2.45) is 0 Å². The lowest BCUT2D eigenvalue weighted by molar-refractivity contribution is -0.0630. The van der Waals surface area contributed by atoms with E-state index in [0.29, 0.717) is 19.3 Å². The Kier molecular flexibility index (Phi) is 6.22. The second-order valence-corrected chi connectivity index (χ2v) is 4.59. The second kappa shape index (κ2) is 7.20. The summed E-state index contributed by atoms with van der Waals surface area (Å²) in [6, 6.07) is 0. The smallest absolute Gasteiger partial charge is 0.0781 e. The van der Waals surface area contributed by atoms with Gasteiger partial charge in [0.05, 0.1) is 31.5 Å². The van der Waals surface area contributed by atoms with E-state index in [1.54, 1.807) is 6.92 Å². The molecule has 1 aliphatic rings. The van der Waals surface area contributed by atoms with Gasteiger partial charge in [0.25, 0.3) is 0 Å². The van der Waals surface area contributed by atoms with Gasteiger partial charge in [-0.15, -0.1) is 0 Å². The van der Waals surface area contributed by atoms with Gasteiger partial charge in [-0.25, -0.2) is 0 Å². The number of hydrogen-bond donors (Lipinski definition) is 1. The summed E-state index contributed by atoms with van der Waals surface area (Å²) in [4.78, 5) is 0. The van der Waals surface area contributed by atoms with Crippen LogP contribution in [-0.4, -0.2) is 36.6 Å². The van der Waals surface area contributed by atoms with E-state index >= 15 is 0 Å². The highest BCUT2D eigenvalue weighted by Crippen LogP contribution is 2.20. The topological polar surface area (TPSA) is 38.7 Å². The molecule has 1 saturated carbocycles. The molecule has 0 heterocycles. The first-order valence-corrected chi connectivity index (χ1v) is 6.09. The molecule has 2 atom stereocenters. The Morgan fingerprint density at radius 3 is 2.40 bits per heavy atom. The van der Waals surface area contributed by atoms with Crippen molar-refractivity contribution in [1.82, 2.24) is 0 Å². The maximum absolute atomic E-state index is 9.05. The SMILES string of the molecule is CC(O)COC(C)COC1CCCCC1. The van der Waals surface area contributed by atoms with Gasteiger partial charge in [0.1, 0.15) is 0 Å². The molecule has 0 spiro atoms. The number of rotatable bonds is 6. The summed E-state index contributed by atoms with van der Waals surface area (Å²) in [5.41, 5.74) is 0. The zero-order valence-electron chi connectivity index (χ0n) is 9.95. The van der Waals surface area contributed by atoms with Gasteiger partial charge in [-0.1, -0.05) is 19.3 Å². The molecule has 0 radical (unpaired) electrons. The molecule has 3 nitrogen and oxygen atoms in total. The summed E-state index contributed by atoms with van der Waals surface area (Å²) in [6.07, 6.45) is 6.49. The standard InChI is InChI=1S/C12H24O3/c1-10(13)8-14-11(2)9-15-12-6-4-3-5-7-12/h10-13H,3-9H2,1-2H3. The van der Waals surface area contributed by atoms with E-state index in [2.05, 4.69) is 0 Å². The van der Waals surface area contributed by atoms with Crippen molar-refractivity contribution in [2.75, 3.05) is 13.2 Å². The number of hydrogen-bond acceptors (Lipinski definition) is 3. The molecule has 2 unspecified atom stereocenters. The molecule has 1 rings (SSSR count). The van der Waals surface area contributed by atoms with Gasteiger partial charge in [0.15, 0.2) is 0 Å². The van der Waals surface area contributed by atoms with Crippen LogP contribution in [0.5, 0.6) is 0 Å². The van der Waals surface area contributed by atoms with Crippen LogP contribution in [0.1, 0.15) is 46.0 Å². The minimum absolute atomic E-state index is 0.0847. The maximum atomic E-state index is 9.05. The van der Waals surface area contributed by atoms with E-state index in [0.717, 1.165) is 0 Å². The summed E-state index contributed by atoms with van der Waals surface area (Å²) in [5, 5.41) is 9.05. The Bertz CT molecular complexity index is 153. The molecular weight excluding hydrogens is 192 g/mol. The van der Waals surface area contributed by atoms with Crippen molar-refractivity contribution in [2.45, 2.75) is 64.3 Å². The number of ether oxygens (including phenoxy) is 2. The maximum Gasteiger partial charge on any atom is 0.0781 e.